The lowest BCUT2D eigenvalue weighted by atomic mass is 9.62. The summed E-state index contributed by atoms with van der Waals surface area (Å²) in [4.78, 5) is 4.90. The number of aromatic nitrogens is 1. The van der Waals surface area contributed by atoms with E-state index in [1.54, 1.807) is 0 Å². The molecular weight excluding hydrogens is 727 g/mol. The standard InChI is InChI=1S/C57H45N3/c1-4-15-53-39(3)46-21-9-11-27-54(46)60(53)45-34-32-44(33-35-45)59(43-30-28-42(29-31-43)58(41-19-6-5-7-20-41)52-26-10-8-16-38(52)2)55-37-36-50-48-23-13-18-40-17-12-22-47(56(40)48)49-24-14-25-51(55)57(49)50/h4-35,50,57H,1,3,36-37H2,2H3/b53-15+. The van der Waals surface area contributed by atoms with E-state index < -0.39 is 0 Å². The fraction of sp³-hybridized carbons (Fsp3) is 0.0877. The molecule has 8 aromatic rings. The molecule has 0 spiro atoms. The Balaban J connectivity index is 1.07. The Hall–Kier alpha value is -7.36. The van der Waals surface area contributed by atoms with Gasteiger partial charge in [-0.15, -0.1) is 0 Å². The van der Waals surface area contributed by atoms with Crippen LogP contribution in [0.4, 0.5) is 28.4 Å². The Kier molecular flexibility index (Phi) is 8.63. The molecule has 0 fully saturated rings. The van der Waals surface area contributed by atoms with Crippen LogP contribution in [0, 0.1) is 12.8 Å². The summed E-state index contributed by atoms with van der Waals surface area (Å²) < 4.78 is 2.31. The topological polar surface area (TPSA) is 11.4 Å². The molecule has 0 aliphatic heterocycles. The van der Waals surface area contributed by atoms with Crippen molar-refractivity contribution in [3.63, 3.8) is 0 Å². The summed E-state index contributed by atoms with van der Waals surface area (Å²) >= 11 is 0. The van der Waals surface area contributed by atoms with Gasteiger partial charge in [0.15, 0.2) is 0 Å². The molecule has 2 atom stereocenters. The Morgan fingerprint density at radius 3 is 2.10 bits per heavy atom. The molecule has 60 heavy (non-hydrogen) atoms. The normalized spacial score (nSPS) is 16.8. The first-order chi connectivity index (χ1) is 29.6. The monoisotopic (exact) mass is 771 g/mol. The second-order valence-corrected chi connectivity index (χ2v) is 16.2. The van der Waals surface area contributed by atoms with Gasteiger partial charge in [0.1, 0.15) is 0 Å². The third-order valence-electron chi connectivity index (χ3n) is 13.0. The van der Waals surface area contributed by atoms with Gasteiger partial charge in [0, 0.05) is 56.3 Å². The van der Waals surface area contributed by atoms with Crippen LogP contribution in [0.2, 0.25) is 0 Å². The molecule has 288 valence electrons. The Bertz CT molecular complexity index is 3190. The number of hydrogen-bond acceptors (Lipinski definition) is 2. The van der Waals surface area contributed by atoms with Crippen molar-refractivity contribution in [1.29, 1.82) is 0 Å². The van der Waals surface area contributed by atoms with Crippen LogP contribution in [-0.4, -0.2) is 4.57 Å². The van der Waals surface area contributed by atoms with Gasteiger partial charge in [-0.2, -0.15) is 0 Å². The maximum atomic E-state index is 4.48. The molecule has 1 aromatic heterocycles. The number of anilines is 5. The molecule has 3 nitrogen and oxygen atoms in total. The summed E-state index contributed by atoms with van der Waals surface area (Å²) in [5.41, 5.74) is 16.2. The Morgan fingerprint density at radius 1 is 0.667 bits per heavy atom. The first-order valence-electron chi connectivity index (χ1n) is 21.0. The zero-order valence-corrected chi connectivity index (χ0v) is 33.8. The molecule has 0 radical (unpaired) electrons. The van der Waals surface area contributed by atoms with Crippen molar-refractivity contribution >= 4 is 68.3 Å². The Labute approximate surface area is 351 Å². The van der Waals surface area contributed by atoms with Gasteiger partial charge in [-0.05, 0) is 143 Å². The van der Waals surface area contributed by atoms with Gasteiger partial charge in [0.2, 0.25) is 0 Å². The van der Waals surface area contributed by atoms with Crippen LogP contribution in [0.25, 0.3) is 45.6 Å². The summed E-state index contributed by atoms with van der Waals surface area (Å²) in [6.07, 6.45) is 13.0. The quantitative estimate of drug-likeness (QED) is 0.152. The van der Waals surface area contributed by atoms with E-state index in [0.717, 1.165) is 62.7 Å². The van der Waals surface area contributed by atoms with Gasteiger partial charge in [0.25, 0.3) is 0 Å². The number of benzene rings is 7. The first kappa shape index (κ1) is 35.8. The van der Waals surface area contributed by atoms with Crippen LogP contribution in [-0.2, 0) is 0 Å². The number of nitrogens with zero attached hydrogens (tertiary/aromatic N) is 3. The zero-order valence-electron chi connectivity index (χ0n) is 33.8. The minimum absolute atomic E-state index is 0.286. The van der Waals surface area contributed by atoms with Gasteiger partial charge in [-0.3, -0.25) is 0 Å². The number of aryl methyl sites for hydroxylation is 1. The van der Waals surface area contributed by atoms with E-state index >= 15 is 0 Å². The van der Waals surface area contributed by atoms with E-state index in [4.69, 9.17) is 0 Å². The van der Waals surface area contributed by atoms with E-state index in [1.807, 2.05) is 6.08 Å². The minimum atomic E-state index is 0.286. The number of hydrogen-bond donors (Lipinski definition) is 0. The number of para-hydroxylation sites is 3. The second kappa shape index (κ2) is 14.5. The lowest BCUT2D eigenvalue weighted by Crippen LogP contribution is -2.31. The molecule has 0 amide bonds. The van der Waals surface area contributed by atoms with Crippen LogP contribution in [0.15, 0.2) is 206 Å². The molecule has 0 bridgehead atoms. The molecule has 7 aromatic carbocycles. The summed E-state index contributed by atoms with van der Waals surface area (Å²) in [6.45, 7) is 10.7. The lowest BCUT2D eigenvalue weighted by Gasteiger charge is -2.44. The average molecular weight is 772 g/mol. The molecule has 3 aliphatic carbocycles. The number of fused-ring (bicyclic) bond motifs is 3. The van der Waals surface area contributed by atoms with E-state index in [0.29, 0.717) is 5.92 Å². The van der Waals surface area contributed by atoms with E-state index in [9.17, 15) is 0 Å². The van der Waals surface area contributed by atoms with Gasteiger partial charge in [0.05, 0.1) is 10.9 Å². The second-order valence-electron chi connectivity index (χ2n) is 16.2. The predicted molar refractivity (Wildman–Crippen MR) is 254 cm³/mol. The zero-order chi connectivity index (χ0) is 40.3. The summed E-state index contributed by atoms with van der Waals surface area (Å²) in [5.74, 6) is 0.714. The van der Waals surface area contributed by atoms with Crippen LogP contribution < -0.4 is 20.4 Å². The number of rotatable bonds is 8. The van der Waals surface area contributed by atoms with Crippen molar-refractivity contribution in [3.8, 4) is 5.69 Å². The lowest BCUT2D eigenvalue weighted by molar-refractivity contribution is 0.502. The molecular formula is C57H45N3. The largest absolute Gasteiger partial charge is 0.314 e. The van der Waals surface area contributed by atoms with Crippen molar-refractivity contribution in [1.82, 2.24) is 4.57 Å². The van der Waals surface area contributed by atoms with E-state index in [1.165, 1.54) is 50.0 Å². The van der Waals surface area contributed by atoms with E-state index in [-0.39, 0.29) is 5.92 Å². The van der Waals surface area contributed by atoms with Crippen LogP contribution in [0.5, 0.6) is 0 Å². The van der Waals surface area contributed by atoms with Gasteiger partial charge in [-0.1, -0.05) is 128 Å². The highest BCUT2D eigenvalue weighted by atomic mass is 15.2. The summed E-state index contributed by atoms with van der Waals surface area (Å²) in [7, 11) is 0. The fourth-order valence-corrected chi connectivity index (χ4v) is 10.4. The molecule has 1 heterocycles. The van der Waals surface area contributed by atoms with Gasteiger partial charge >= 0.3 is 0 Å². The maximum Gasteiger partial charge on any atom is 0.0540 e. The smallest absolute Gasteiger partial charge is 0.0540 e. The Morgan fingerprint density at radius 2 is 1.33 bits per heavy atom. The maximum absolute atomic E-state index is 4.48. The molecule has 3 heteroatoms. The molecule has 0 N–H and O–H groups in total. The highest BCUT2D eigenvalue weighted by Gasteiger charge is 2.41. The van der Waals surface area contributed by atoms with Crippen molar-refractivity contribution in [2.75, 3.05) is 9.80 Å². The predicted octanol–water partition coefficient (Wildman–Crippen LogP) is 13.5. The molecule has 3 aliphatic rings. The number of allylic oxidation sites excluding steroid dienone is 7. The molecule has 2 unspecified atom stereocenters. The molecule has 0 saturated carbocycles. The van der Waals surface area contributed by atoms with Crippen molar-refractivity contribution in [2.45, 2.75) is 25.7 Å². The summed E-state index contributed by atoms with van der Waals surface area (Å²) in [5, 5.41) is 5.97. The minimum Gasteiger partial charge on any atom is -0.314 e. The van der Waals surface area contributed by atoms with Crippen LogP contribution in [0.3, 0.4) is 0 Å². The molecule has 11 rings (SSSR count). The molecule has 0 saturated heterocycles. The third kappa shape index (κ3) is 5.65. The highest BCUT2D eigenvalue weighted by Crippen LogP contribution is 2.57. The first-order valence-corrected chi connectivity index (χ1v) is 21.0. The van der Waals surface area contributed by atoms with E-state index in [2.05, 4.69) is 223 Å². The van der Waals surface area contributed by atoms with Crippen molar-refractivity contribution in [2.24, 2.45) is 5.92 Å². The fourth-order valence-electron chi connectivity index (χ4n) is 10.4. The van der Waals surface area contributed by atoms with Gasteiger partial charge in [-0.25, -0.2) is 0 Å². The van der Waals surface area contributed by atoms with Crippen molar-refractivity contribution < 1.29 is 0 Å². The summed E-state index contributed by atoms with van der Waals surface area (Å²) in [6, 6.07) is 59.9. The van der Waals surface area contributed by atoms with Gasteiger partial charge < -0.3 is 14.4 Å². The highest BCUT2D eigenvalue weighted by molar-refractivity contribution is 6.01. The van der Waals surface area contributed by atoms with Crippen LogP contribution >= 0.6 is 0 Å². The average Bonchev–Trinajstić information content (AvgIpc) is 3.58. The van der Waals surface area contributed by atoms with Crippen LogP contribution in [0.1, 0.15) is 35.4 Å². The third-order valence-corrected chi connectivity index (χ3v) is 13.0. The van der Waals surface area contributed by atoms with Crippen molar-refractivity contribution in [3.05, 3.63) is 233 Å². The SMILES string of the molecule is C=C/C=c1\c(=C)c2ccccc2n1-c1ccc(N(C2=C3C=CC=C4c5cccc6cccc(c56)C(CC2)C43)c2ccc(N(c3ccccc3)c3ccccc3C)cc2)cc1.